The average Bonchev–Trinajstić information content (AvgIpc) is 2.13. The molecule has 0 atom stereocenters. The second-order valence-corrected chi connectivity index (χ2v) is 3.70. The van der Waals surface area contributed by atoms with Gasteiger partial charge in [0.15, 0.2) is 0 Å². The molecule has 16 heavy (non-hydrogen) atoms. The van der Waals surface area contributed by atoms with E-state index in [0.29, 0.717) is 13.0 Å². The molecule has 0 aliphatic rings. The first-order valence-corrected chi connectivity index (χ1v) is 5.11. The van der Waals surface area contributed by atoms with Gasteiger partial charge in [0.2, 0.25) is 0 Å². The van der Waals surface area contributed by atoms with Crippen LogP contribution in [-0.4, -0.2) is 23.7 Å². The minimum atomic E-state index is -0.918. The Morgan fingerprint density at radius 3 is 2.31 bits per heavy atom. The summed E-state index contributed by atoms with van der Waals surface area (Å²) in [6.07, 6.45) is 4.60. The van der Waals surface area contributed by atoms with Crippen molar-refractivity contribution in [1.82, 2.24) is 0 Å². The van der Waals surface area contributed by atoms with Gasteiger partial charge in [0.1, 0.15) is 6.61 Å². The van der Waals surface area contributed by atoms with Crippen molar-refractivity contribution in [3.63, 3.8) is 0 Å². The van der Waals surface area contributed by atoms with Crippen molar-refractivity contribution < 1.29 is 19.4 Å². The van der Waals surface area contributed by atoms with Crippen LogP contribution in [0.15, 0.2) is 23.3 Å². The Balaban J connectivity index is 3.90. The van der Waals surface area contributed by atoms with E-state index in [-0.39, 0.29) is 5.97 Å². The van der Waals surface area contributed by atoms with Gasteiger partial charge in [0, 0.05) is 13.0 Å². The molecule has 4 heteroatoms. The number of carboxylic acids is 1. The predicted molar refractivity (Wildman–Crippen MR) is 61.0 cm³/mol. The second-order valence-electron chi connectivity index (χ2n) is 3.70. The highest BCUT2D eigenvalue weighted by Crippen LogP contribution is 2.06. The highest BCUT2D eigenvalue weighted by Gasteiger charge is 1.96. The molecule has 0 bridgehead atoms. The molecule has 0 radical (unpaired) electrons. The van der Waals surface area contributed by atoms with Crippen molar-refractivity contribution in [3.8, 4) is 0 Å². The molecule has 0 amide bonds. The fourth-order valence-electron chi connectivity index (χ4n) is 1.10. The minimum absolute atomic E-state index is 0.297. The number of carboxylic acid groups (broad SMARTS) is 1. The molecule has 0 aromatic heterocycles. The van der Waals surface area contributed by atoms with Gasteiger partial charge in [-0.15, -0.1) is 0 Å². The molecule has 0 heterocycles. The lowest BCUT2D eigenvalue weighted by molar-refractivity contribution is -0.140. The molecule has 0 spiro atoms. The number of carbonyl (C=O) groups excluding carboxylic acids is 1. The van der Waals surface area contributed by atoms with Crippen molar-refractivity contribution in [2.45, 2.75) is 33.6 Å². The Morgan fingerprint density at radius 1 is 1.19 bits per heavy atom. The Bertz CT molecular complexity index is 313. The van der Waals surface area contributed by atoms with Gasteiger partial charge in [-0.25, -0.2) is 4.79 Å². The largest absolute Gasteiger partial charge is 0.478 e. The van der Waals surface area contributed by atoms with Gasteiger partial charge in [-0.2, -0.15) is 0 Å². The predicted octanol–water partition coefficient (Wildman–Crippen LogP) is 2.31. The van der Waals surface area contributed by atoms with Crippen LogP contribution < -0.4 is 0 Å². The molecular formula is C12H18O4. The van der Waals surface area contributed by atoms with Crippen molar-refractivity contribution in [3.05, 3.63) is 23.3 Å². The van der Waals surface area contributed by atoms with Crippen LogP contribution in [0.3, 0.4) is 0 Å². The number of carbonyl (C=O) groups is 2. The summed E-state index contributed by atoms with van der Waals surface area (Å²) >= 11 is 0. The molecule has 0 aromatic rings. The number of aliphatic carboxylic acids is 1. The van der Waals surface area contributed by atoms with Crippen LogP contribution in [0.25, 0.3) is 0 Å². The molecular weight excluding hydrogens is 208 g/mol. The van der Waals surface area contributed by atoms with Crippen LogP contribution in [0.2, 0.25) is 0 Å². The number of hydrogen-bond acceptors (Lipinski definition) is 3. The lowest BCUT2D eigenvalue weighted by Gasteiger charge is -2.02. The van der Waals surface area contributed by atoms with Gasteiger partial charge in [-0.1, -0.05) is 11.6 Å². The maximum atomic E-state index is 10.5. The Morgan fingerprint density at radius 2 is 1.81 bits per heavy atom. The maximum Gasteiger partial charge on any atom is 0.328 e. The molecule has 0 rings (SSSR count). The van der Waals surface area contributed by atoms with Crippen LogP contribution in [0.5, 0.6) is 0 Å². The van der Waals surface area contributed by atoms with Gasteiger partial charge >= 0.3 is 11.9 Å². The Kier molecular flexibility index (Phi) is 6.92. The highest BCUT2D eigenvalue weighted by atomic mass is 16.5. The lowest BCUT2D eigenvalue weighted by atomic mass is 10.1. The van der Waals surface area contributed by atoms with Crippen molar-refractivity contribution in [2.24, 2.45) is 0 Å². The second kappa shape index (κ2) is 7.68. The molecule has 0 unspecified atom stereocenters. The third-order valence-electron chi connectivity index (χ3n) is 1.90. The zero-order valence-electron chi connectivity index (χ0n) is 9.95. The number of allylic oxidation sites excluding steroid dienone is 2. The number of hydrogen-bond donors (Lipinski definition) is 1. The van der Waals surface area contributed by atoms with E-state index >= 15 is 0 Å². The molecule has 0 fully saturated rings. The van der Waals surface area contributed by atoms with Gasteiger partial charge in [0.25, 0.3) is 0 Å². The molecule has 4 nitrogen and oxygen atoms in total. The summed E-state index contributed by atoms with van der Waals surface area (Å²) < 4.78 is 4.81. The zero-order valence-corrected chi connectivity index (χ0v) is 9.95. The third kappa shape index (κ3) is 8.99. The highest BCUT2D eigenvalue weighted by molar-refractivity contribution is 5.80. The number of esters is 1. The smallest absolute Gasteiger partial charge is 0.328 e. The summed E-state index contributed by atoms with van der Waals surface area (Å²) in [6, 6.07) is 0. The zero-order chi connectivity index (χ0) is 12.6. The van der Waals surface area contributed by atoms with Crippen LogP contribution in [-0.2, 0) is 14.3 Å². The van der Waals surface area contributed by atoms with Crippen LogP contribution in [0.4, 0.5) is 0 Å². The third-order valence-corrected chi connectivity index (χ3v) is 1.90. The topological polar surface area (TPSA) is 63.6 Å². The molecule has 0 saturated carbocycles. The van der Waals surface area contributed by atoms with Crippen molar-refractivity contribution in [2.75, 3.05) is 6.61 Å². The van der Waals surface area contributed by atoms with Gasteiger partial charge in [-0.3, -0.25) is 4.79 Å². The first kappa shape index (κ1) is 14.4. The van der Waals surface area contributed by atoms with E-state index in [2.05, 4.69) is 0 Å². The summed E-state index contributed by atoms with van der Waals surface area (Å²) in [6.45, 7) is 5.33. The quantitative estimate of drug-likeness (QED) is 0.429. The molecule has 0 aromatic carbocycles. The molecule has 0 aliphatic heterocycles. The van der Waals surface area contributed by atoms with Crippen molar-refractivity contribution >= 4 is 11.9 Å². The summed E-state index contributed by atoms with van der Waals surface area (Å²) in [5.41, 5.74) is 1.79. The van der Waals surface area contributed by atoms with E-state index in [9.17, 15) is 9.59 Å². The summed E-state index contributed by atoms with van der Waals surface area (Å²) in [5.74, 6) is -1.21. The van der Waals surface area contributed by atoms with E-state index in [1.807, 2.05) is 13.0 Å². The molecule has 0 saturated heterocycles. The van der Waals surface area contributed by atoms with E-state index in [1.165, 1.54) is 13.0 Å². The van der Waals surface area contributed by atoms with Gasteiger partial charge in [-0.05, 0) is 32.3 Å². The molecule has 0 aliphatic carbocycles. The van der Waals surface area contributed by atoms with Crippen molar-refractivity contribution in [1.29, 1.82) is 0 Å². The summed E-state index contributed by atoms with van der Waals surface area (Å²) in [4.78, 5) is 20.9. The average molecular weight is 226 g/mol. The monoisotopic (exact) mass is 226 g/mol. The van der Waals surface area contributed by atoms with Crippen LogP contribution >= 0.6 is 0 Å². The van der Waals surface area contributed by atoms with E-state index < -0.39 is 5.97 Å². The fourth-order valence-corrected chi connectivity index (χ4v) is 1.10. The SMILES string of the molecule is CC(=O)OCC(C)=CCCC(C)=CC(=O)O. The maximum absolute atomic E-state index is 10.5. The molecule has 90 valence electrons. The van der Waals surface area contributed by atoms with E-state index in [4.69, 9.17) is 9.84 Å². The summed E-state index contributed by atoms with van der Waals surface area (Å²) in [5, 5.41) is 8.49. The molecule has 1 N–H and O–H groups in total. The first-order chi connectivity index (χ1) is 7.41. The van der Waals surface area contributed by atoms with Gasteiger partial charge < -0.3 is 9.84 Å². The Hall–Kier alpha value is -1.58. The Labute approximate surface area is 95.6 Å². The first-order valence-electron chi connectivity index (χ1n) is 5.11. The normalized spacial score (nSPS) is 12.4. The van der Waals surface area contributed by atoms with E-state index in [0.717, 1.165) is 17.6 Å². The number of rotatable bonds is 6. The minimum Gasteiger partial charge on any atom is -0.478 e. The van der Waals surface area contributed by atoms with Crippen LogP contribution in [0.1, 0.15) is 33.6 Å². The fraction of sp³-hybridized carbons (Fsp3) is 0.500. The van der Waals surface area contributed by atoms with E-state index in [1.54, 1.807) is 6.92 Å². The summed E-state index contributed by atoms with van der Waals surface area (Å²) in [7, 11) is 0. The lowest BCUT2D eigenvalue weighted by Crippen LogP contribution is -2.01. The number of ether oxygens (including phenoxy) is 1. The van der Waals surface area contributed by atoms with Crippen LogP contribution in [0, 0.1) is 0 Å². The standard InChI is InChI=1S/C12H18O4/c1-9(7-12(14)15)5-4-6-10(2)8-16-11(3)13/h6-7H,4-5,8H2,1-3H3,(H,14,15). The van der Waals surface area contributed by atoms with Gasteiger partial charge in [0.05, 0.1) is 0 Å².